The lowest BCUT2D eigenvalue weighted by Crippen LogP contribution is -2.16. The Morgan fingerprint density at radius 3 is 2.56 bits per heavy atom. The van der Waals surface area contributed by atoms with Crippen LogP contribution < -0.4 is 10.0 Å². The summed E-state index contributed by atoms with van der Waals surface area (Å²) in [5, 5.41) is 4.80. The molecule has 0 spiro atoms. The molecule has 0 aliphatic rings. The molecular formula is C16H12BrN3O3S2. The summed E-state index contributed by atoms with van der Waals surface area (Å²) in [4.78, 5) is 16.3. The number of aromatic nitrogens is 1. The second-order valence-corrected chi connectivity index (χ2v) is 8.34. The molecule has 1 amide bonds. The SMILES string of the molecule is O=C(Nc1nccs1)c1cc(S(=O)(=O)Nc2ccccc2)ccc1Br. The van der Waals surface area contributed by atoms with Gasteiger partial charge in [0, 0.05) is 21.7 Å². The predicted octanol–water partition coefficient (Wildman–Crippen LogP) is 3.96. The van der Waals surface area contributed by atoms with Crippen molar-refractivity contribution in [2.24, 2.45) is 0 Å². The molecule has 0 saturated carbocycles. The van der Waals surface area contributed by atoms with E-state index in [0.29, 0.717) is 15.3 Å². The minimum atomic E-state index is -3.81. The summed E-state index contributed by atoms with van der Waals surface area (Å²) in [6, 6.07) is 12.8. The molecule has 2 N–H and O–H groups in total. The molecule has 0 radical (unpaired) electrons. The van der Waals surface area contributed by atoms with Gasteiger partial charge in [0.05, 0.1) is 10.5 Å². The Bertz CT molecular complexity index is 991. The monoisotopic (exact) mass is 437 g/mol. The van der Waals surface area contributed by atoms with Gasteiger partial charge in [0.25, 0.3) is 15.9 Å². The summed E-state index contributed by atoms with van der Waals surface area (Å²) in [6.45, 7) is 0. The lowest BCUT2D eigenvalue weighted by molar-refractivity contribution is 0.102. The largest absolute Gasteiger partial charge is 0.298 e. The molecule has 3 aromatic rings. The molecule has 0 saturated heterocycles. The standard InChI is InChI=1S/C16H12BrN3O3S2/c17-14-7-6-12(25(22,23)20-11-4-2-1-3-5-11)10-13(14)15(21)19-16-18-8-9-24-16/h1-10,20H,(H,18,19,21). The zero-order chi connectivity index (χ0) is 17.9. The number of hydrogen-bond acceptors (Lipinski definition) is 5. The number of amides is 1. The third-order valence-corrected chi connectivity index (χ3v) is 5.93. The summed E-state index contributed by atoms with van der Waals surface area (Å²) < 4.78 is 28.0. The number of anilines is 2. The molecule has 0 atom stereocenters. The topological polar surface area (TPSA) is 88.2 Å². The van der Waals surface area contributed by atoms with Crippen LogP contribution in [0, 0.1) is 0 Å². The molecule has 2 aromatic carbocycles. The van der Waals surface area contributed by atoms with Crippen LogP contribution in [0.2, 0.25) is 0 Å². The van der Waals surface area contributed by atoms with Crippen molar-refractivity contribution < 1.29 is 13.2 Å². The molecule has 0 aliphatic heterocycles. The summed E-state index contributed by atoms with van der Waals surface area (Å²) in [5.74, 6) is -0.446. The minimum absolute atomic E-state index is 0.0103. The first kappa shape index (κ1) is 17.6. The van der Waals surface area contributed by atoms with E-state index in [2.05, 4.69) is 31.0 Å². The summed E-state index contributed by atoms with van der Waals surface area (Å²) in [7, 11) is -3.81. The van der Waals surface area contributed by atoms with E-state index < -0.39 is 15.9 Å². The van der Waals surface area contributed by atoms with Crippen molar-refractivity contribution in [2.75, 3.05) is 10.0 Å². The molecule has 0 bridgehead atoms. The highest BCUT2D eigenvalue weighted by atomic mass is 79.9. The molecule has 0 fully saturated rings. The Kier molecular flexibility index (Phi) is 5.16. The number of rotatable bonds is 5. The molecule has 3 rings (SSSR count). The fourth-order valence-electron chi connectivity index (χ4n) is 2.02. The van der Waals surface area contributed by atoms with Gasteiger partial charge in [-0.1, -0.05) is 18.2 Å². The van der Waals surface area contributed by atoms with Gasteiger partial charge < -0.3 is 0 Å². The third kappa shape index (κ3) is 4.25. The molecule has 128 valence electrons. The van der Waals surface area contributed by atoms with Crippen LogP contribution >= 0.6 is 27.3 Å². The molecule has 9 heteroatoms. The Balaban J connectivity index is 1.89. The number of halogens is 1. The van der Waals surface area contributed by atoms with Gasteiger partial charge in [-0.2, -0.15) is 0 Å². The van der Waals surface area contributed by atoms with Crippen LogP contribution in [0.5, 0.6) is 0 Å². The van der Waals surface area contributed by atoms with Gasteiger partial charge in [-0.15, -0.1) is 11.3 Å². The fourth-order valence-corrected chi connectivity index (χ4v) is 4.05. The van der Waals surface area contributed by atoms with Crippen LogP contribution in [-0.2, 0) is 10.0 Å². The highest BCUT2D eigenvalue weighted by molar-refractivity contribution is 9.10. The lowest BCUT2D eigenvalue weighted by atomic mass is 10.2. The predicted molar refractivity (Wildman–Crippen MR) is 101 cm³/mol. The van der Waals surface area contributed by atoms with Crippen molar-refractivity contribution >= 4 is 54.0 Å². The molecule has 0 unspecified atom stereocenters. The maximum absolute atomic E-state index is 12.5. The number of hydrogen-bond donors (Lipinski definition) is 2. The van der Waals surface area contributed by atoms with Crippen LogP contribution in [0.4, 0.5) is 10.8 Å². The Morgan fingerprint density at radius 1 is 1.12 bits per heavy atom. The second kappa shape index (κ2) is 7.34. The quantitative estimate of drug-likeness (QED) is 0.631. The van der Waals surface area contributed by atoms with E-state index in [1.807, 2.05) is 0 Å². The van der Waals surface area contributed by atoms with Crippen molar-refractivity contribution in [1.29, 1.82) is 0 Å². The first-order chi connectivity index (χ1) is 12.0. The number of thiazole rings is 1. The van der Waals surface area contributed by atoms with Crippen LogP contribution in [0.15, 0.2) is 69.5 Å². The third-order valence-electron chi connectivity index (χ3n) is 3.17. The van der Waals surface area contributed by atoms with Crippen LogP contribution in [-0.4, -0.2) is 19.3 Å². The van der Waals surface area contributed by atoms with Gasteiger partial charge in [0.15, 0.2) is 5.13 Å². The zero-order valence-electron chi connectivity index (χ0n) is 12.6. The molecule has 6 nitrogen and oxygen atoms in total. The summed E-state index contributed by atoms with van der Waals surface area (Å²) >= 11 is 4.55. The van der Waals surface area contributed by atoms with Crippen LogP contribution in [0.25, 0.3) is 0 Å². The van der Waals surface area contributed by atoms with Gasteiger partial charge in [-0.3, -0.25) is 14.8 Å². The normalized spacial score (nSPS) is 11.1. The van der Waals surface area contributed by atoms with Crippen molar-refractivity contribution in [1.82, 2.24) is 4.98 Å². The van der Waals surface area contributed by atoms with Gasteiger partial charge in [-0.05, 0) is 46.3 Å². The number of nitrogens with one attached hydrogen (secondary N) is 2. The van der Waals surface area contributed by atoms with E-state index in [1.165, 1.54) is 29.5 Å². The molecule has 1 heterocycles. The fraction of sp³-hybridized carbons (Fsp3) is 0. The number of para-hydroxylation sites is 1. The van der Waals surface area contributed by atoms with E-state index in [0.717, 1.165) is 0 Å². The van der Waals surface area contributed by atoms with Crippen molar-refractivity contribution in [3.8, 4) is 0 Å². The van der Waals surface area contributed by atoms with Crippen LogP contribution in [0.3, 0.4) is 0 Å². The van der Waals surface area contributed by atoms with Gasteiger partial charge in [-0.25, -0.2) is 13.4 Å². The zero-order valence-corrected chi connectivity index (χ0v) is 15.9. The minimum Gasteiger partial charge on any atom is -0.298 e. The number of nitrogens with zero attached hydrogens (tertiary/aromatic N) is 1. The first-order valence-electron chi connectivity index (χ1n) is 7.04. The van der Waals surface area contributed by atoms with Crippen molar-refractivity contribution in [2.45, 2.75) is 4.90 Å². The Morgan fingerprint density at radius 2 is 1.88 bits per heavy atom. The number of sulfonamides is 1. The number of benzene rings is 2. The molecule has 0 aliphatic carbocycles. The number of carbonyl (C=O) groups is 1. The average molecular weight is 438 g/mol. The van der Waals surface area contributed by atoms with Gasteiger partial charge in [0.2, 0.25) is 0 Å². The smallest absolute Gasteiger partial charge is 0.261 e. The molecular weight excluding hydrogens is 426 g/mol. The highest BCUT2D eigenvalue weighted by Gasteiger charge is 2.19. The van der Waals surface area contributed by atoms with Gasteiger partial charge >= 0.3 is 0 Å². The summed E-state index contributed by atoms with van der Waals surface area (Å²) in [5.41, 5.74) is 0.644. The highest BCUT2D eigenvalue weighted by Crippen LogP contribution is 2.24. The van der Waals surface area contributed by atoms with E-state index >= 15 is 0 Å². The molecule has 25 heavy (non-hydrogen) atoms. The summed E-state index contributed by atoms with van der Waals surface area (Å²) in [6.07, 6.45) is 1.57. The van der Waals surface area contributed by atoms with Crippen molar-refractivity contribution in [3.05, 3.63) is 70.1 Å². The van der Waals surface area contributed by atoms with E-state index in [4.69, 9.17) is 0 Å². The van der Waals surface area contributed by atoms with Crippen molar-refractivity contribution in [3.63, 3.8) is 0 Å². The van der Waals surface area contributed by atoms with E-state index in [-0.39, 0.29) is 10.5 Å². The van der Waals surface area contributed by atoms with Crippen LogP contribution in [0.1, 0.15) is 10.4 Å². The maximum Gasteiger partial charge on any atom is 0.261 e. The molecule has 1 aromatic heterocycles. The average Bonchev–Trinajstić information content (AvgIpc) is 3.08. The first-order valence-corrected chi connectivity index (χ1v) is 10.2. The van der Waals surface area contributed by atoms with E-state index in [1.54, 1.807) is 41.9 Å². The second-order valence-electron chi connectivity index (χ2n) is 4.90. The van der Waals surface area contributed by atoms with E-state index in [9.17, 15) is 13.2 Å². The maximum atomic E-state index is 12.5. The Hall–Kier alpha value is -2.23. The van der Waals surface area contributed by atoms with Gasteiger partial charge in [0.1, 0.15) is 0 Å². The Labute approximate surface area is 157 Å². The lowest BCUT2D eigenvalue weighted by Gasteiger charge is -2.10. The number of carbonyl (C=O) groups excluding carboxylic acids is 1.